The molecule has 0 aliphatic carbocycles. The summed E-state index contributed by atoms with van der Waals surface area (Å²) in [5.74, 6) is -1.97. The normalized spacial score (nSPS) is 12.1. The number of hydrogen-bond acceptors (Lipinski definition) is 3. The van der Waals surface area contributed by atoms with E-state index in [-0.39, 0.29) is 5.56 Å². The van der Waals surface area contributed by atoms with Gasteiger partial charge >= 0.3 is 11.9 Å². The van der Waals surface area contributed by atoms with Crippen LogP contribution in [0.4, 0.5) is 0 Å². The lowest BCUT2D eigenvalue weighted by Crippen LogP contribution is -2.11. The maximum absolute atomic E-state index is 10.8. The zero-order valence-electron chi connectivity index (χ0n) is 8.31. The summed E-state index contributed by atoms with van der Waals surface area (Å²) in [6, 6.07) is 4.73. The Bertz CT molecular complexity index is 433. The molecule has 1 aromatic carbocycles. The second-order valence-corrected chi connectivity index (χ2v) is 5.31. The van der Waals surface area contributed by atoms with E-state index < -0.39 is 17.2 Å². The highest BCUT2D eigenvalue weighted by Gasteiger charge is 2.15. The number of benzene rings is 1. The molecule has 0 heterocycles. The number of aromatic carboxylic acids is 1. The van der Waals surface area contributed by atoms with Crippen LogP contribution < -0.4 is 0 Å². The van der Waals surface area contributed by atoms with E-state index >= 15 is 0 Å². The third kappa shape index (κ3) is 3.24. The van der Waals surface area contributed by atoms with Gasteiger partial charge in [-0.2, -0.15) is 0 Å². The van der Waals surface area contributed by atoms with Gasteiger partial charge in [-0.15, -0.1) is 11.8 Å². The van der Waals surface area contributed by atoms with E-state index in [1.165, 1.54) is 6.07 Å². The molecule has 86 valence electrons. The standard InChI is InChI=1S/C10H9BrO4S/c1-5(9(12)13)16-6-2-3-8(11)7(4-6)10(14)15/h2-5H,1H3,(H,12,13)(H,14,15). The Morgan fingerprint density at radius 2 is 2.00 bits per heavy atom. The summed E-state index contributed by atoms with van der Waals surface area (Å²) in [6.07, 6.45) is 0. The van der Waals surface area contributed by atoms with Crippen LogP contribution in [0.2, 0.25) is 0 Å². The fourth-order valence-corrected chi connectivity index (χ4v) is 2.25. The maximum Gasteiger partial charge on any atom is 0.336 e. The molecule has 0 aliphatic rings. The van der Waals surface area contributed by atoms with Crippen molar-refractivity contribution in [3.05, 3.63) is 28.2 Å². The Hall–Kier alpha value is -1.01. The minimum atomic E-state index is -1.04. The molecule has 1 unspecified atom stereocenters. The third-order valence-electron chi connectivity index (χ3n) is 1.83. The number of halogens is 1. The topological polar surface area (TPSA) is 74.6 Å². The summed E-state index contributed by atoms with van der Waals surface area (Å²) in [5.41, 5.74) is 0.127. The quantitative estimate of drug-likeness (QED) is 0.837. The molecule has 0 fully saturated rings. The van der Waals surface area contributed by atoms with Crippen LogP contribution in [0.25, 0.3) is 0 Å². The molecule has 0 amide bonds. The van der Waals surface area contributed by atoms with Gasteiger partial charge in [-0.05, 0) is 41.1 Å². The SMILES string of the molecule is CC(Sc1ccc(Br)c(C(=O)O)c1)C(=O)O. The molecule has 0 aromatic heterocycles. The first-order valence-corrected chi connectivity index (χ1v) is 6.01. The van der Waals surface area contributed by atoms with Crippen molar-refractivity contribution in [3.63, 3.8) is 0 Å². The van der Waals surface area contributed by atoms with E-state index in [9.17, 15) is 9.59 Å². The summed E-state index contributed by atoms with van der Waals surface area (Å²) in [4.78, 5) is 22.1. The Morgan fingerprint density at radius 3 is 2.50 bits per heavy atom. The predicted octanol–water partition coefficient (Wildman–Crippen LogP) is 2.71. The predicted molar refractivity (Wildman–Crippen MR) is 64.1 cm³/mol. The van der Waals surface area contributed by atoms with E-state index in [1.54, 1.807) is 19.1 Å². The summed E-state index contributed by atoms with van der Waals surface area (Å²) < 4.78 is 0.479. The third-order valence-corrected chi connectivity index (χ3v) is 3.60. The van der Waals surface area contributed by atoms with Gasteiger partial charge in [0.15, 0.2) is 0 Å². The van der Waals surface area contributed by atoms with Gasteiger partial charge in [0, 0.05) is 9.37 Å². The van der Waals surface area contributed by atoms with Crippen molar-refractivity contribution in [2.75, 3.05) is 0 Å². The molecule has 2 N–H and O–H groups in total. The zero-order chi connectivity index (χ0) is 12.3. The van der Waals surface area contributed by atoms with Crippen molar-refractivity contribution < 1.29 is 19.8 Å². The molecule has 0 bridgehead atoms. The number of hydrogen-bond donors (Lipinski definition) is 2. The highest BCUT2D eigenvalue weighted by Crippen LogP contribution is 2.27. The van der Waals surface area contributed by atoms with Crippen LogP contribution in [0.3, 0.4) is 0 Å². The molecule has 1 rings (SSSR count). The first kappa shape index (κ1) is 13.1. The fourth-order valence-electron chi connectivity index (χ4n) is 0.996. The Kier molecular flexibility index (Phi) is 4.37. The Labute approximate surface area is 105 Å². The number of thioether (sulfide) groups is 1. The minimum absolute atomic E-state index is 0.127. The van der Waals surface area contributed by atoms with Crippen LogP contribution in [0.5, 0.6) is 0 Å². The summed E-state index contributed by atoms with van der Waals surface area (Å²) in [6.45, 7) is 1.55. The average molecular weight is 305 g/mol. The van der Waals surface area contributed by atoms with Crippen molar-refractivity contribution in [2.45, 2.75) is 17.1 Å². The van der Waals surface area contributed by atoms with Crippen molar-refractivity contribution in [1.82, 2.24) is 0 Å². The second-order valence-electron chi connectivity index (χ2n) is 3.05. The monoisotopic (exact) mass is 304 g/mol. The highest BCUT2D eigenvalue weighted by molar-refractivity contribution is 9.10. The van der Waals surface area contributed by atoms with E-state index in [1.807, 2.05) is 0 Å². The zero-order valence-corrected chi connectivity index (χ0v) is 10.7. The second kappa shape index (κ2) is 5.36. The lowest BCUT2D eigenvalue weighted by Gasteiger charge is -2.07. The lowest BCUT2D eigenvalue weighted by atomic mass is 10.2. The highest BCUT2D eigenvalue weighted by atomic mass is 79.9. The van der Waals surface area contributed by atoms with Gasteiger partial charge in [-0.25, -0.2) is 4.79 Å². The van der Waals surface area contributed by atoms with Gasteiger partial charge in [0.2, 0.25) is 0 Å². The number of carbonyl (C=O) groups is 2. The Morgan fingerprint density at radius 1 is 1.38 bits per heavy atom. The van der Waals surface area contributed by atoms with Crippen LogP contribution in [-0.4, -0.2) is 27.4 Å². The molecule has 0 aliphatic heterocycles. The average Bonchev–Trinajstić information content (AvgIpc) is 2.20. The van der Waals surface area contributed by atoms with Crippen molar-refractivity contribution >= 4 is 39.6 Å². The molecule has 16 heavy (non-hydrogen) atoms. The number of aliphatic carboxylic acids is 1. The molecule has 0 saturated heterocycles. The first-order chi connectivity index (χ1) is 7.41. The van der Waals surface area contributed by atoms with Crippen LogP contribution in [0.15, 0.2) is 27.6 Å². The van der Waals surface area contributed by atoms with E-state index in [0.717, 1.165) is 11.8 Å². The fraction of sp³-hybridized carbons (Fsp3) is 0.200. The lowest BCUT2D eigenvalue weighted by molar-refractivity contribution is -0.136. The molecular formula is C10H9BrO4S. The van der Waals surface area contributed by atoms with Crippen LogP contribution >= 0.6 is 27.7 Å². The number of carboxylic acid groups (broad SMARTS) is 2. The molecule has 0 saturated carbocycles. The van der Waals surface area contributed by atoms with Crippen molar-refractivity contribution in [2.24, 2.45) is 0 Å². The van der Waals surface area contributed by atoms with Gasteiger partial charge in [0.1, 0.15) is 5.25 Å². The Balaban J connectivity index is 2.95. The van der Waals surface area contributed by atoms with Gasteiger partial charge in [-0.1, -0.05) is 0 Å². The number of rotatable bonds is 4. The molecule has 0 spiro atoms. The number of carboxylic acids is 2. The van der Waals surface area contributed by atoms with Crippen LogP contribution in [-0.2, 0) is 4.79 Å². The van der Waals surface area contributed by atoms with E-state index in [0.29, 0.717) is 9.37 Å². The molecule has 1 atom stereocenters. The molecule has 6 heteroatoms. The van der Waals surface area contributed by atoms with Crippen LogP contribution in [0, 0.1) is 0 Å². The van der Waals surface area contributed by atoms with Gasteiger partial charge in [0.25, 0.3) is 0 Å². The van der Waals surface area contributed by atoms with Crippen LogP contribution in [0.1, 0.15) is 17.3 Å². The smallest absolute Gasteiger partial charge is 0.336 e. The van der Waals surface area contributed by atoms with Crippen molar-refractivity contribution in [3.8, 4) is 0 Å². The van der Waals surface area contributed by atoms with Gasteiger partial charge < -0.3 is 10.2 Å². The van der Waals surface area contributed by atoms with Gasteiger partial charge in [-0.3, -0.25) is 4.79 Å². The largest absolute Gasteiger partial charge is 0.480 e. The minimum Gasteiger partial charge on any atom is -0.480 e. The van der Waals surface area contributed by atoms with E-state index in [4.69, 9.17) is 10.2 Å². The summed E-state index contributed by atoms with van der Waals surface area (Å²) in [7, 11) is 0. The molecule has 4 nitrogen and oxygen atoms in total. The molecule has 0 radical (unpaired) electrons. The van der Waals surface area contributed by atoms with Gasteiger partial charge in [0.05, 0.1) is 5.56 Å². The first-order valence-electron chi connectivity index (χ1n) is 4.34. The van der Waals surface area contributed by atoms with E-state index in [2.05, 4.69) is 15.9 Å². The molecular weight excluding hydrogens is 296 g/mol. The summed E-state index contributed by atoms with van der Waals surface area (Å²) >= 11 is 4.23. The summed E-state index contributed by atoms with van der Waals surface area (Å²) in [5, 5.41) is 17.0. The molecule has 1 aromatic rings. The maximum atomic E-state index is 10.8. The van der Waals surface area contributed by atoms with Crippen molar-refractivity contribution in [1.29, 1.82) is 0 Å².